The minimum atomic E-state index is -4.47. The molecule has 0 radical (unpaired) electrons. The Balaban J connectivity index is 2.33. The molecule has 0 saturated carbocycles. The highest BCUT2D eigenvalue weighted by Crippen LogP contribution is 2.30. The van der Waals surface area contributed by atoms with Crippen LogP contribution in [0.2, 0.25) is 0 Å². The highest BCUT2D eigenvalue weighted by Gasteiger charge is 2.31. The fourth-order valence-electron chi connectivity index (χ4n) is 1.75. The molecule has 1 unspecified atom stereocenters. The van der Waals surface area contributed by atoms with Crippen LogP contribution in [0.4, 0.5) is 17.6 Å². The summed E-state index contributed by atoms with van der Waals surface area (Å²) in [5.41, 5.74) is -0.238. The van der Waals surface area contributed by atoms with Gasteiger partial charge in [0.05, 0.1) is 17.2 Å². The highest BCUT2D eigenvalue weighted by molar-refractivity contribution is 5.67. The Morgan fingerprint density at radius 1 is 1.05 bits per heavy atom. The van der Waals surface area contributed by atoms with Crippen LogP contribution in [0.1, 0.15) is 22.7 Å². The van der Waals surface area contributed by atoms with Gasteiger partial charge in [-0.3, -0.25) is 4.98 Å². The van der Waals surface area contributed by atoms with Crippen LogP contribution in [0.5, 0.6) is 0 Å². The molecule has 0 aliphatic carbocycles. The second-order valence-electron chi connectivity index (χ2n) is 4.13. The summed E-state index contributed by atoms with van der Waals surface area (Å²) in [5, 5.41) is 0. The molecule has 6 heteroatoms. The largest absolute Gasteiger partial charge is 0.417 e. The molecule has 2 aromatic rings. The van der Waals surface area contributed by atoms with E-state index in [2.05, 4.69) is 4.98 Å². The topological polar surface area (TPSA) is 30.0 Å². The summed E-state index contributed by atoms with van der Waals surface area (Å²) in [6, 6.07) is 7.15. The van der Waals surface area contributed by atoms with Crippen molar-refractivity contribution in [1.82, 2.24) is 4.98 Å². The third-order valence-electron chi connectivity index (χ3n) is 2.80. The van der Waals surface area contributed by atoms with Gasteiger partial charge in [-0.05, 0) is 29.8 Å². The number of hydrogen-bond donors (Lipinski definition) is 0. The average molecular weight is 283 g/mol. The molecule has 0 spiro atoms. The van der Waals surface area contributed by atoms with Crippen molar-refractivity contribution in [3.63, 3.8) is 0 Å². The normalized spacial score (nSPS) is 13.0. The van der Waals surface area contributed by atoms with Gasteiger partial charge in [0.1, 0.15) is 12.1 Å². The Hall–Kier alpha value is -2.24. The minimum Gasteiger partial charge on any atom is -0.302 e. The van der Waals surface area contributed by atoms with Crippen LogP contribution >= 0.6 is 0 Å². The molecule has 1 aromatic heterocycles. The standard InChI is InChI=1S/C14H9F4NO/c15-11-4-1-9(2-5-11)12(8-20)13-6-3-10(7-19-13)14(16,17)18/h1-8,12H. The van der Waals surface area contributed by atoms with Crippen LogP contribution in [0.3, 0.4) is 0 Å². The van der Waals surface area contributed by atoms with E-state index < -0.39 is 23.5 Å². The van der Waals surface area contributed by atoms with Crippen molar-refractivity contribution in [3.05, 3.63) is 65.2 Å². The molecule has 0 amide bonds. The lowest BCUT2D eigenvalue weighted by Crippen LogP contribution is -2.09. The predicted octanol–water partition coefficient (Wildman–Crippen LogP) is 3.57. The van der Waals surface area contributed by atoms with Gasteiger partial charge in [-0.15, -0.1) is 0 Å². The molecule has 0 saturated heterocycles. The Morgan fingerprint density at radius 2 is 1.70 bits per heavy atom. The van der Waals surface area contributed by atoms with E-state index in [1.54, 1.807) is 0 Å². The molecule has 0 fully saturated rings. The van der Waals surface area contributed by atoms with Crippen molar-refractivity contribution in [2.45, 2.75) is 12.1 Å². The number of nitrogens with zero attached hydrogens (tertiary/aromatic N) is 1. The van der Waals surface area contributed by atoms with Gasteiger partial charge in [0.15, 0.2) is 0 Å². The number of aromatic nitrogens is 1. The van der Waals surface area contributed by atoms with Gasteiger partial charge in [-0.1, -0.05) is 12.1 Å². The maximum absolute atomic E-state index is 12.8. The van der Waals surface area contributed by atoms with Gasteiger partial charge in [-0.2, -0.15) is 13.2 Å². The van der Waals surface area contributed by atoms with E-state index in [4.69, 9.17) is 0 Å². The first-order chi connectivity index (χ1) is 9.41. The number of alkyl halides is 3. The summed E-state index contributed by atoms with van der Waals surface area (Å²) >= 11 is 0. The molecule has 2 rings (SSSR count). The van der Waals surface area contributed by atoms with E-state index in [1.165, 1.54) is 24.3 Å². The van der Waals surface area contributed by atoms with Crippen molar-refractivity contribution < 1.29 is 22.4 Å². The van der Waals surface area contributed by atoms with Gasteiger partial charge in [-0.25, -0.2) is 4.39 Å². The molecule has 20 heavy (non-hydrogen) atoms. The summed E-state index contributed by atoms with van der Waals surface area (Å²) in [6.07, 6.45) is -3.24. The zero-order valence-corrected chi connectivity index (χ0v) is 10.1. The maximum Gasteiger partial charge on any atom is 0.417 e. The van der Waals surface area contributed by atoms with E-state index in [9.17, 15) is 22.4 Å². The predicted molar refractivity (Wildman–Crippen MR) is 63.5 cm³/mol. The first-order valence-corrected chi connectivity index (χ1v) is 5.65. The van der Waals surface area contributed by atoms with Crippen LogP contribution in [-0.2, 0) is 11.0 Å². The number of rotatable bonds is 3. The Morgan fingerprint density at radius 3 is 2.15 bits per heavy atom. The lowest BCUT2D eigenvalue weighted by Gasteiger charge is -2.12. The molecule has 0 aliphatic heterocycles. The number of carbonyl (C=O) groups excluding carboxylic acids is 1. The number of carbonyl (C=O) groups is 1. The minimum absolute atomic E-state index is 0.180. The van der Waals surface area contributed by atoms with Crippen LogP contribution < -0.4 is 0 Å². The smallest absolute Gasteiger partial charge is 0.302 e. The lowest BCUT2D eigenvalue weighted by atomic mass is 9.96. The first-order valence-electron chi connectivity index (χ1n) is 5.65. The van der Waals surface area contributed by atoms with Gasteiger partial charge >= 0.3 is 6.18 Å². The summed E-state index contributed by atoms with van der Waals surface area (Å²) in [6.45, 7) is 0. The van der Waals surface area contributed by atoms with Crippen molar-refractivity contribution in [2.75, 3.05) is 0 Å². The highest BCUT2D eigenvalue weighted by atomic mass is 19.4. The molecule has 1 atom stereocenters. The summed E-state index contributed by atoms with van der Waals surface area (Å²) < 4.78 is 50.1. The van der Waals surface area contributed by atoms with Crippen molar-refractivity contribution in [1.29, 1.82) is 0 Å². The first kappa shape index (κ1) is 14.2. The Labute approximate surface area is 112 Å². The van der Waals surface area contributed by atoms with Crippen LogP contribution in [0, 0.1) is 5.82 Å². The van der Waals surface area contributed by atoms with Gasteiger partial charge in [0, 0.05) is 6.20 Å². The fourth-order valence-corrected chi connectivity index (χ4v) is 1.75. The number of aldehydes is 1. The van der Waals surface area contributed by atoms with E-state index >= 15 is 0 Å². The number of halogens is 4. The molecular weight excluding hydrogens is 274 g/mol. The molecule has 0 bridgehead atoms. The zero-order chi connectivity index (χ0) is 14.8. The van der Waals surface area contributed by atoms with Crippen LogP contribution in [0.25, 0.3) is 0 Å². The number of benzene rings is 1. The lowest BCUT2D eigenvalue weighted by molar-refractivity contribution is -0.137. The summed E-state index contributed by atoms with van der Waals surface area (Å²) in [4.78, 5) is 14.8. The Bertz CT molecular complexity index is 590. The molecule has 1 aromatic carbocycles. The van der Waals surface area contributed by atoms with E-state index in [1.807, 2.05) is 0 Å². The van der Waals surface area contributed by atoms with Crippen LogP contribution in [0.15, 0.2) is 42.6 Å². The fraction of sp³-hybridized carbons (Fsp3) is 0.143. The van der Waals surface area contributed by atoms with Crippen molar-refractivity contribution in [2.24, 2.45) is 0 Å². The molecule has 0 N–H and O–H groups in total. The third-order valence-corrected chi connectivity index (χ3v) is 2.80. The second-order valence-corrected chi connectivity index (χ2v) is 4.13. The molecular formula is C14H9F4NO. The maximum atomic E-state index is 12.8. The number of pyridine rings is 1. The number of hydrogen-bond acceptors (Lipinski definition) is 2. The molecule has 0 aliphatic rings. The van der Waals surface area contributed by atoms with E-state index in [-0.39, 0.29) is 5.69 Å². The van der Waals surface area contributed by atoms with Gasteiger partial charge < -0.3 is 4.79 Å². The summed E-state index contributed by atoms with van der Waals surface area (Å²) in [7, 11) is 0. The van der Waals surface area contributed by atoms with Crippen molar-refractivity contribution >= 4 is 6.29 Å². The summed E-state index contributed by atoms with van der Waals surface area (Å²) in [5.74, 6) is -1.28. The molecule has 1 heterocycles. The van der Waals surface area contributed by atoms with Gasteiger partial charge in [0.2, 0.25) is 0 Å². The average Bonchev–Trinajstić information content (AvgIpc) is 2.41. The quantitative estimate of drug-likeness (QED) is 0.636. The second kappa shape index (κ2) is 5.40. The zero-order valence-electron chi connectivity index (χ0n) is 10.1. The molecule has 104 valence electrons. The van der Waals surface area contributed by atoms with E-state index in [0.717, 1.165) is 12.1 Å². The Kier molecular flexibility index (Phi) is 3.83. The van der Waals surface area contributed by atoms with Crippen molar-refractivity contribution in [3.8, 4) is 0 Å². The SMILES string of the molecule is O=CC(c1ccc(F)cc1)c1ccc(C(F)(F)F)cn1. The van der Waals surface area contributed by atoms with Crippen LogP contribution in [-0.4, -0.2) is 11.3 Å². The monoisotopic (exact) mass is 283 g/mol. The third kappa shape index (κ3) is 3.01. The molecule has 2 nitrogen and oxygen atoms in total. The van der Waals surface area contributed by atoms with E-state index in [0.29, 0.717) is 18.0 Å². The van der Waals surface area contributed by atoms with Gasteiger partial charge in [0.25, 0.3) is 0 Å².